The Labute approximate surface area is 153 Å². The van der Waals surface area contributed by atoms with E-state index in [2.05, 4.69) is 15.3 Å². The molecule has 0 saturated heterocycles. The third kappa shape index (κ3) is 2.84. The molecule has 0 fully saturated rings. The van der Waals surface area contributed by atoms with E-state index in [-0.39, 0.29) is 10.8 Å². The predicted molar refractivity (Wildman–Crippen MR) is 100 cm³/mol. The molecule has 130 valence electrons. The number of aromatic nitrogens is 3. The molecule has 2 aromatic carbocycles. The second-order valence-corrected chi connectivity index (χ2v) is 6.26. The number of phenolic OH excluding ortho intramolecular Hbond substituents is 1. The molecule has 0 bridgehead atoms. The Morgan fingerprint density at radius 2 is 1.85 bits per heavy atom. The van der Waals surface area contributed by atoms with Crippen molar-refractivity contribution < 1.29 is 9.50 Å². The van der Waals surface area contributed by atoms with E-state index in [0.29, 0.717) is 11.5 Å². The van der Waals surface area contributed by atoms with Gasteiger partial charge in [-0.25, -0.2) is 14.4 Å². The molecule has 2 N–H and O–H groups in total. The Balaban J connectivity index is 1.80. The normalized spacial score (nSPS) is 11.0. The highest BCUT2D eigenvalue weighted by atomic mass is 35.5. The molecule has 26 heavy (non-hydrogen) atoms. The zero-order valence-electron chi connectivity index (χ0n) is 13.7. The first-order valence-electron chi connectivity index (χ1n) is 7.85. The van der Waals surface area contributed by atoms with E-state index in [1.165, 1.54) is 18.5 Å². The quantitative estimate of drug-likeness (QED) is 0.541. The van der Waals surface area contributed by atoms with E-state index in [0.717, 1.165) is 22.3 Å². The van der Waals surface area contributed by atoms with Crippen LogP contribution in [0.4, 0.5) is 15.9 Å². The second-order valence-electron chi connectivity index (χ2n) is 5.85. The maximum absolute atomic E-state index is 13.4. The number of nitrogens with one attached hydrogen (secondary N) is 1. The minimum absolute atomic E-state index is 0.0399. The van der Waals surface area contributed by atoms with Gasteiger partial charge in [-0.2, -0.15) is 0 Å². The van der Waals surface area contributed by atoms with E-state index < -0.39 is 5.82 Å². The molecule has 0 saturated carbocycles. The average Bonchev–Trinajstić information content (AvgIpc) is 2.97. The number of fused-ring (bicyclic) bond motifs is 1. The fourth-order valence-electron chi connectivity index (χ4n) is 2.85. The van der Waals surface area contributed by atoms with Crippen molar-refractivity contribution >= 4 is 34.1 Å². The number of hydrogen-bond acceptors (Lipinski definition) is 4. The molecule has 0 atom stereocenters. The van der Waals surface area contributed by atoms with Crippen molar-refractivity contribution in [1.29, 1.82) is 0 Å². The van der Waals surface area contributed by atoms with Crippen LogP contribution in [-0.2, 0) is 7.05 Å². The minimum Gasteiger partial charge on any atom is -0.508 e. The van der Waals surface area contributed by atoms with Crippen LogP contribution in [0.15, 0.2) is 54.9 Å². The first-order chi connectivity index (χ1) is 12.5. The van der Waals surface area contributed by atoms with Crippen molar-refractivity contribution in [2.45, 2.75) is 0 Å². The Bertz CT molecular complexity index is 1110. The Kier molecular flexibility index (Phi) is 3.97. The van der Waals surface area contributed by atoms with E-state index >= 15 is 0 Å². The van der Waals surface area contributed by atoms with Gasteiger partial charge in [0.2, 0.25) is 0 Å². The number of halogens is 2. The van der Waals surface area contributed by atoms with Gasteiger partial charge in [0, 0.05) is 12.7 Å². The lowest BCUT2D eigenvalue weighted by Gasteiger charge is -2.07. The van der Waals surface area contributed by atoms with Gasteiger partial charge in [-0.05, 0) is 54.1 Å². The highest BCUT2D eigenvalue weighted by Crippen LogP contribution is 2.32. The standard InChI is InChI=1S/C19H14ClFN4O/c1-25-17(11-2-5-13(26)6-3-11)9-14-18(22-10-23-19(14)25)24-12-4-7-16(21)15(20)8-12/h2-10,26H,1H3,(H,22,23,24). The largest absolute Gasteiger partial charge is 0.508 e. The molecule has 0 spiro atoms. The number of anilines is 2. The van der Waals surface area contributed by atoms with Crippen LogP contribution in [0.3, 0.4) is 0 Å². The summed E-state index contributed by atoms with van der Waals surface area (Å²) in [5.41, 5.74) is 3.25. The number of nitrogens with zero attached hydrogens (tertiary/aromatic N) is 3. The number of hydrogen-bond donors (Lipinski definition) is 2. The average molecular weight is 369 g/mol. The monoisotopic (exact) mass is 368 g/mol. The lowest BCUT2D eigenvalue weighted by molar-refractivity contribution is 0.475. The molecule has 5 nitrogen and oxygen atoms in total. The highest BCUT2D eigenvalue weighted by Gasteiger charge is 2.13. The maximum atomic E-state index is 13.4. The molecule has 7 heteroatoms. The molecular formula is C19H14ClFN4O. The van der Waals surface area contributed by atoms with Crippen LogP contribution < -0.4 is 5.32 Å². The summed E-state index contributed by atoms with van der Waals surface area (Å²) in [7, 11) is 1.91. The summed E-state index contributed by atoms with van der Waals surface area (Å²) in [6, 6.07) is 13.3. The van der Waals surface area contributed by atoms with Gasteiger partial charge < -0.3 is 15.0 Å². The number of aryl methyl sites for hydroxylation is 1. The topological polar surface area (TPSA) is 63.0 Å². The third-order valence-corrected chi connectivity index (χ3v) is 4.46. The van der Waals surface area contributed by atoms with Gasteiger partial charge in [-0.1, -0.05) is 11.6 Å². The summed E-state index contributed by atoms with van der Waals surface area (Å²) in [4.78, 5) is 8.66. The summed E-state index contributed by atoms with van der Waals surface area (Å²) in [5.74, 6) is 0.334. The number of phenols is 1. The van der Waals surface area contributed by atoms with Crippen LogP contribution in [0.5, 0.6) is 5.75 Å². The highest BCUT2D eigenvalue weighted by molar-refractivity contribution is 6.31. The van der Waals surface area contributed by atoms with Gasteiger partial charge in [0.25, 0.3) is 0 Å². The van der Waals surface area contributed by atoms with Crippen molar-refractivity contribution in [3.05, 3.63) is 65.7 Å². The molecule has 4 aromatic rings. The van der Waals surface area contributed by atoms with Crippen molar-refractivity contribution in [3.63, 3.8) is 0 Å². The smallest absolute Gasteiger partial charge is 0.145 e. The van der Waals surface area contributed by atoms with Gasteiger partial charge in [0.05, 0.1) is 16.1 Å². The second kappa shape index (κ2) is 6.31. The van der Waals surface area contributed by atoms with E-state index in [4.69, 9.17) is 11.6 Å². The van der Waals surface area contributed by atoms with Crippen molar-refractivity contribution in [3.8, 4) is 17.0 Å². The summed E-state index contributed by atoms with van der Waals surface area (Å²) in [6.07, 6.45) is 1.47. The van der Waals surface area contributed by atoms with E-state index in [9.17, 15) is 9.50 Å². The minimum atomic E-state index is -0.473. The first-order valence-corrected chi connectivity index (χ1v) is 8.22. The summed E-state index contributed by atoms with van der Waals surface area (Å²) >= 11 is 5.85. The third-order valence-electron chi connectivity index (χ3n) is 4.17. The van der Waals surface area contributed by atoms with Gasteiger partial charge in [0.1, 0.15) is 29.4 Å². The van der Waals surface area contributed by atoms with Crippen molar-refractivity contribution in [2.75, 3.05) is 5.32 Å². The van der Waals surface area contributed by atoms with E-state index in [1.54, 1.807) is 18.2 Å². The van der Waals surface area contributed by atoms with Crippen LogP contribution in [0.2, 0.25) is 5.02 Å². The number of rotatable bonds is 3. The molecule has 2 heterocycles. The lowest BCUT2D eigenvalue weighted by atomic mass is 10.1. The molecule has 0 aliphatic carbocycles. The summed E-state index contributed by atoms with van der Waals surface area (Å²) < 4.78 is 15.3. The van der Waals surface area contributed by atoms with Crippen LogP contribution >= 0.6 is 11.6 Å². The zero-order chi connectivity index (χ0) is 18.3. The fraction of sp³-hybridized carbons (Fsp3) is 0.0526. The van der Waals surface area contributed by atoms with Gasteiger partial charge in [-0.3, -0.25) is 0 Å². The van der Waals surface area contributed by atoms with Gasteiger partial charge in [-0.15, -0.1) is 0 Å². The molecule has 4 rings (SSSR count). The van der Waals surface area contributed by atoms with Crippen LogP contribution in [0, 0.1) is 5.82 Å². The summed E-state index contributed by atoms with van der Waals surface area (Å²) in [5, 5.41) is 13.5. The predicted octanol–water partition coefficient (Wildman–Crippen LogP) is 4.88. The molecule has 0 aliphatic rings. The molecular weight excluding hydrogens is 355 g/mol. The van der Waals surface area contributed by atoms with Crippen LogP contribution in [0.1, 0.15) is 0 Å². The summed E-state index contributed by atoms with van der Waals surface area (Å²) in [6.45, 7) is 0. The first kappa shape index (κ1) is 16.4. The van der Waals surface area contributed by atoms with E-state index in [1.807, 2.05) is 29.8 Å². The molecule has 0 radical (unpaired) electrons. The molecule has 0 aliphatic heterocycles. The Hall–Kier alpha value is -3.12. The molecule has 0 unspecified atom stereocenters. The Morgan fingerprint density at radius 1 is 1.08 bits per heavy atom. The van der Waals surface area contributed by atoms with Crippen molar-refractivity contribution in [2.24, 2.45) is 7.05 Å². The molecule has 0 amide bonds. The number of aromatic hydroxyl groups is 1. The van der Waals surface area contributed by atoms with Crippen LogP contribution in [-0.4, -0.2) is 19.6 Å². The lowest BCUT2D eigenvalue weighted by Crippen LogP contribution is -1.97. The molecule has 2 aromatic heterocycles. The fourth-order valence-corrected chi connectivity index (χ4v) is 3.03. The van der Waals surface area contributed by atoms with Gasteiger partial charge >= 0.3 is 0 Å². The number of benzene rings is 2. The van der Waals surface area contributed by atoms with Gasteiger partial charge in [0.15, 0.2) is 0 Å². The zero-order valence-corrected chi connectivity index (χ0v) is 14.5. The van der Waals surface area contributed by atoms with Crippen molar-refractivity contribution in [1.82, 2.24) is 14.5 Å². The SMILES string of the molecule is Cn1c(-c2ccc(O)cc2)cc2c(Nc3ccc(F)c(Cl)c3)ncnc21. The van der Waals surface area contributed by atoms with Crippen LogP contribution in [0.25, 0.3) is 22.3 Å². The Morgan fingerprint density at radius 3 is 2.58 bits per heavy atom. The maximum Gasteiger partial charge on any atom is 0.145 e.